The van der Waals surface area contributed by atoms with E-state index in [-0.39, 0.29) is 17.8 Å². The molecule has 0 aromatic carbocycles. The third-order valence-corrected chi connectivity index (χ3v) is 6.14. The number of hydrogen-bond acceptors (Lipinski definition) is 9. The molecular weight excluding hydrogens is 434 g/mol. The van der Waals surface area contributed by atoms with Gasteiger partial charge in [0.1, 0.15) is 11.4 Å². The molecule has 0 aliphatic carbocycles. The number of sulfone groups is 1. The Morgan fingerprint density at radius 2 is 1.94 bits per heavy atom. The summed E-state index contributed by atoms with van der Waals surface area (Å²) in [6, 6.07) is 1.92. The number of alkyl carbamates (subject to hydrolysis) is 1. The summed E-state index contributed by atoms with van der Waals surface area (Å²) in [5.41, 5.74) is -0.0497. The highest BCUT2D eigenvalue weighted by Gasteiger charge is 2.27. The number of morpholine rings is 1. The number of aromatic nitrogens is 2. The lowest BCUT2D eigenvalue weighted by Gasteiger charge is -2.36. The Bertz CT molecular complexity index is 910. The van der Waals surface area contributed by atoms with Crippen molar-refractivity contribution in [2.24, 2.45) is 0 Å². The van der Waals surface area contributed by atoms with Crippen LogP contribution in [-0.4, -0.2) is 81.3 Å². The van der Waals surface area contributed by atoms with E-state index >= 15 is 0 Å². The number of nitrogens with zero attached hydrogens (tertiary/aromatic N) is 4. The third-order valence-electron chi connectivity index (χ3n) is 5.32. The molecular formula is C21H35N5O5S. The average Bonchev–Trinajstić information content (AvgIpc) is 2.66. The van der Waals surface area contributed by atoms with Crippen molar-refractivity contribution in [3.05, 3.63) is 11.8 Å². The van der Waals surface area contributed by atoms with Crippen molar-refractivity contribution in [1.29, 1.82) is 0 Å². The van der Waals surface area contributed by atoms with Crippen LogP contribution in [-0.2, 0) is 25.1 Å². The molecule has 2 fully saturated rings. The molecule has 32 heavy (non-hydrogen) atoms. The molecule has 3 heterocycles. The van der Waals surface area contributed by atoms with Gasteiger partial charge in [-0.25, -0.2) is 18.2 Å². The highest BCUT2D eigenvalue weighted by Crippen LogP contribution is 2.24. The minimum absolute atomic E-state index is 0.0130. The monoisotopic (exact) mass is 469 g/mol. The number of anilines is 2. The van der Waals surface area contributed by atoms with Gasteiger partial charge in [-0.05, 0) is 40.5 Å². The van der Waals surface area contributed by atoms with Crippen LogP contribution in [0.3, 0.4) is 0 Å². The van der Waals surface area contributed by atoms with Crippen LogP contribution in [0.5, 0.6) is 0 Å². The van der Waals surface area contributed by atoms with Crippen LogP contribution >= 0.6 is 0 Å². The van der Waals surface area contributed by atoms with E-state index in [4.69, 9.17) is 14.5 Å². The number of piperidine rings is 1. The van der Waals surface area contributed by atoms with Crippen molar-refractivity contribution in [2.75, 3.05) is 48.9 Å². The molecule has 0 radical (unpaired) electrons. The van der Waals surface area contributed by atoms with E-state index in [9.17, 15) is 13.2 Å². The Balaban J connectivity index is 1.73. The molecule has 2 saturated heterocycles. The van der Waals surface area contributed by atoms with E-state index in [1.54, 1.807) is 6.07 Å². The van der Waals surface area contributed by atoms with Crippen molar-refractivity contribution in [2.45, 2.75) is 64.0 Å². The van der Waals surface area contributed by atoms with Crippen molar-refractivity contribution in [3.63, 3.8) is 0 Å². The lowest BCUT2D eigenvalue weighted by atomic mass is 10.1. The molecule has 2 aliphatic rings. The Hall–Kier alpha value is -2.14. The summed E-state index contributed by atoms with van der Waals surface area (Å²) in [5.74, 6) is 1.11. The van der Waals surface area contributed by atoms with Crippen LogP contribution in [0, 0.1) is 0 Å². The molecule has 1 aromatic rings. The summed E-state index contributed by atoms with van der Waals surface area (Å²) >= 11 is 0. The molecule has 2 aliphatic heterocycles. The molecule has 1 amide bonds. The quantitative estimate of drug-likeness (QED) is 0.689. The largest absolute Gasteiger partial charge is 0.444 e. The van der Waals surface area contributed by atoms with E-state index in [2.05, 4.69) is 22.1 Å². The summed E-state index contributed by atoms with van der Waals surface area (Å²) in [6.07, 6.45) is 2.25. The second-order valence-electron chi connectivity index (χ2n) is 9.61. The molecule has 0 spiro atoms. The first kappa shape index (κ1) is 24.5. The van der Waals surface area contributed by atoms with Gasteiger partial charge in [0.15, 0.2) is 9.84 Å². The predicted octanol–water partition coefficient (Wildman–Crippen LogP) is 1.74. The molecule has 0 saturated carbocycles. The molecule has 3 rings (SSSR count). The normalized spacial score (nSPS) is 20.8. The molecule has 1 atom stereocenters. The maximum absolute atomic E-state index is 12.1. The van der Waals surface area contributed by atoms with Gasteiger partial charge < -0.3 is 24.6 Å². The van der Waals surface area contributed by atoms with E-state index in [1.165, 1.54) is 6.26 Å². The predicted molar refractivity (Wildman–Crippen MR) is 123 cm³/mol. The first-order chi connectivity index (χ1) is 14.9. The van der Waals surface area contributed by atoms with Gasteiger partial charge >= 0.3 is 6.09 Å². The number of rotatable bonds is 5. The highest BCUT2D eigenvalue weighted by atomic mass is 32.2. The van der Waals surface area contributed by atoms with E-state index in [0.29, 0.717) is 44.5 Å². The number of carbonyl (C=O) groups excluding carboxylic acids is 1. The van der Waals surface area contributed by atoms with Crippen LogP contribution < -0.4 is 15.1 Å². The zero-order valence-electron chi connectivity index (χ0n) is 19.6. The van der Waals surface area contributed by atoms with Gasteiger partial charge in [0.05, 0.1) is 30.7 Å². The molecule has 1 aromatic heterocycles. The van der Waals surface area contributed by atoms with Crippen molar-refractivity contribution < 1.29 is 22.7 Å². The number of amides is 1. The first-order valence-corrected chi connectivity index (χ1v) is 13.1. The topological polar surface area (TPSA) is 114 Å². The van der Waals surface area contributed by atoms with Crippen molar-refractivity contribution >= 4 is 27.7 Å². The summed E-state index contributed by atoms with van der Waals surface area (Å²) < 4.78 is 34.7. The smallest absolute Gasteiger partial charge is 0.407 e. The van der Waals surface area contributed by atoms with Crippen LogP contribution in [0.25, 0.3) is 0 Å². The van der Waals surface area contributed by atoms with E-state index < -0.39 is 21.5 Å². The van der Waals surface area contributed by atoms with Crippen LogP contribution in [0.1, 0.15) is 46.2 Å². The standard InChI is InChI=1S/C21H35N5O5S/c1-15-13-30-11-10-26(15)18-12-17(14-32(5,28)29)22-19(24-18)25-8-6-16(7-9-25)23-20(27)31-21(2,3)4/h12,15-16H,6-11,13-14H2,1-5H3,(H,23,27)/t15-/m0/s1. The molecule has 180 valence electrons. The van der Waals surface area contributed by atoms with Gasteiger partial charge in [-0.2, -0.15) is 4.98 Å². The second-order valence-corrected chi connectivity index (χ2v) is 11.8. The minimum atomic E-state index is -3.24. The Kier molecular flexibility index (Phi) is 7.49. The maximum Gasteiger partial charge on any atom is 0.407 e. The number of hydrogen-bond donors (Lipinski definition) is 1. The Morgan fingerprint density at radius 1 is 1.25 bits per heavy atom. The molecule has 10 nitrogen and oxygen atoms in total. The van der Waals surface area contributed by atoms with Gasteiger partial charge in [0.25, 0.3) is 0 Å². The molecule has 0 bridgehead atoms. The van der Waals surface area contributed by atoms with Crippen molar-refractivity contribution in [1.82, 2.24) is 15.3 Å². The fraction of sp³-hybridized carbons (Fsp3) is 0.762. The lowest BCUT2D eigenvalue weighted by Crippen LogP contribution is -2.47. The van der Waals surface area contributed by atoms with Crippen LogP contribution in [0.15, 0.2) is 6.07 Å². The number of carbonyl (C=O) groups is 1. The lowest BCUT2D eigenvalue weighted by molar-refractivity contribution is 0.0497. The van der Waals surface area contributed by atoms with E-state index in [1.807, 2.05) is 25.7 Å². The fourth-order valence-corrected chi connectivity index (χ4v) is 4.55. The van der Waals surface area contributed by atoms with Crippen molar-refractivity contribution in [3.8, 4) is 0 Å². The maximum atomic E-state index is 12.1. The SMILES string of the molecule is C[C@H]1COCCN1c1cc(CS(C)(=O)=O)nc(N2CCC(NC(=O)OC(C)(C)C)CC2)n1. The Labute approximate surface area is 190 Å². The van der Waals surface area contributed by atoms with Gasteiger partial charge in [0, 0.05) is 38.0 Å². The van der Waals surface area contributed by atoms with Crippen LogP contribution in [0.4, 0.5) is 16.6 Å². The number of nitrogens with one attached hydrogen (secondary N) is 1. The Morgan fingerprint density at radius 3 is 2.53 bits per heavy atom. The molecule has 0 unspecified atom stereocenters. The minimum Gasteiger partial charge on any atom is -0.444 e. The van der Waals surface area contributed by atoms with Gasteiger partial charge in [0.2, 0.25) is 5.95 Å². The number of ether oxygens (including phenoxy) is 2. The second kappa shape index (κ2) is 9.78. The third kappa shape index (κ3) is 7.19. The summed E-state index contributed by atoms with van der Waals surface area (Å²) in [6.45, 7) is 10.8. The first-order valence-electron chi connectivity index (χ1n) is 11.0. The van der Waals surface area contributed by atoms with Gasteiger partial charge in [-0.1, -0.05) is 0 Å². The summed E-state index contributed by atoms with van der Waals surface area (Å²) in [7, 11) is -3.24. The fourth-order valence-electron chi connectivity index (χ4n) is 3.87. The molecule has 1 N–H and O–H groups in total. The van der Waals surface area contributed by atoms with Gasteiger partial charge in [-0.3, -0.25) is 0 Å². The highest BCUT2D eigenvalue weighted by molar-refractivity contribution is 7.89. The van der Waals surface area contributed by atoms with Gasteiger partial charge in [-0.15, -0.1) is 0 Å². The summed E-state index contributed by atoms with van der Waals surface area (Å²) in [5, 5.41) is 2.93. The summed E-state index contributed by atoms with van der Waals surface area (Å²) in [4.78, 5) is 25.6. The molecule has 11 heteroatoms. The van der Waals surface area contributed by atoms with Crippen LogP contribution in [0.2, 0.25) is 0 Å². The zero-order valence-corrected chi connectivity index (χ0v) is 20.4. The average molecular weight is 470 g/mol. The zero-order chi connectivity index (χ0) is 23.5. The van der Waals surface area contributed by atoms with E-state index in [0.717, 1.165) is 18.7 Å².